The van der Waals surface area contributed by atoms with Crippen LogP contribution in [0.2, 0.25) is 0 Å². The number of rotatable bonds is 5. The van der Waals surface area contributed by atoms with E-state index in [0.29, 0.717) is 11.4 Å². The maximum Gasteiger partial charge on any atom is 0.338 e. The number of ether oxygens (including phenoxy) is 1. The van der Waals surface area contributed by atoms with E-state index in [1.807, 2.05) is 0 Å². The minimum Gasteiger partial charge on any atom is -0.465 e. The summed E-state index contributed by atoms with van der Waals surface area (Å²) in [5, 5.41) is 3.62. The molecule has 0 aliphatic rings. The van der Waals surface area contributed by atoms with Crippen LogP contribution in [-0.2, 0) is 14.8 Å². The van der Waals surface area contributed by atoms with Crippen LogP contribution < -0.4 is 4.72 Å². The lowest BCUT2D eigenvalue weighted by atomic mass is 10.1. The lowest BCUT2D eigenvalue weighted by Gasteiger charge is -2.14. The van der Waals surface area contributed by atoms with Crippen molar-refractivity contribution in [2.24, 2.45) is 0 Å². The van der Waals surface area contributed by atoms with Crippen molar-refractivity contribution < 1.29 is 22.5 Å². The summed E-state index contributed by atoms with van der Waals surface area (Å²) in [4.78, 5) is 15.7. The number of aromatic nitrogens is 2. The molecule has 0 amide bonds. The first kappa shape index (κ1) is 17.1. The van der Waals surface area contributed by atoms with Crippen LogP contribution in [0.1, 0.15) is 40.6 Å². The fourth-order valence-corrected chi connectivity index (χ4v) is 3.54. The molecule has 0 fully saturated rings. The molecule has 1 aromatic carbocycles. The largest absolute Gasteiger partial charge is 0.465 e. The van der Waals surface area contributed by atoms with Gasteiger partial charge in [-0.2, -0.15) is 9.71 Å². The number of hydrogen-bond acceptors (Lipinski definition) is 7. The number of nitrogens with zero attached hydrogens (tertiary/aromatic N) is 2. The number of aryl methyl sites for hydroxylation is 1. The number of benzene rings is 1. The molecular formula is C14H17N3O5S. The van der Waals surface area contributed by atoms with E-state index >= 15 is 0 Å². The minimum atomic E-state index is -3.88. The Labute approximate surface area is 133 Å². The van der Waals surface area contributed by atoms with E-state index in [0.717, 1.165) is 0 Å². The van der Waals surface area contributed by atoms with E-state index in [4.69, 9.17) is 4.52 Å². The first-order valence-electron chi connectivity index (χ1n) is 6.76. The average Bonchev–Trinajstić information content (AvgIpc) is 2.93. The molecule has 2 rings (SSSR count). The Morgan fingerprint density at radius 1 is 1.35 bits per heavy atom. The highest BCUT2D eigenvalue weighted by Crippen LogP contribution is 2.22. The van der Waals surface area contributed by atoms with Gasteiger partial charge in [-0.1, -0.05) is 11.2 Å². The molecule has 1 unspecified atom stereocenters. The number of hydrogen-bond donors (Lipinski definition) is 1. The van der Waals surface area contributed by atoms with Crippen molar-refractivity contribution >= 4 is 16.0 Å². The third kappa shape index (κ3) is 3.57. The second-order valence-electron chi connectivity index (χ2n) is 4.94. The van der Waals surface area contributed by atoms with Gasteiger partial charge in [0, 0.05) is 0 Å². The molecule has 0 aliphatic heterocycles. The quantitative estimate of drug-likeness (QED) is 0.822. The summed E-state index contributed by atoms with van der Waals surface area (Å²) in [6.45, 7) is 4.77. The highest BCUT2D eigenvalue weighted by atomic mass is 32.2. The SMILES string of the molecule is COC(=O)c1cccc(S(=O)(=O)NC(C)c2nc(C)no2)c1C. The maximum atomic E-state index is 12.6. The van der Waals surface area contributed by atoms with Crippen molar-refractivity contribution in [3.63, 3.8) is 0 Å². The van der Waals surface area contributed by atoms with Crippen molar-refractivity contribution in [3.8, 4) is 0 Å². The molecule has 0 bridgehead atoms. The van der Waals surface area contributed by atoms with Crippen LogP contribution in [0.4, 0.5) is 0 Å². The van der Waals surface area contributed by atoms with Gasteiger partial charge in [-0.15, -0.1) is 0 Å². The summed E-state index contributed by atoms with van der Waals surface area (Å²) in [7, 11) is -2.64. The Morgan fingerprint density at radius 2 is 2.04 bits per heavy atom. The normalized spacial score (nSPS) is 12.9. The molecule has 8 nitrogen and oxygen atoms in total. The number of carbonyl (C=O) groups is 1. The molecule has 0 spiro atoms. The molecule has 0 saturated carbocycles. The average molecular weight is 339 g/mol. The molecule has 0 aliphatic carbocycles. The lowest BCUT2D eigenvalue weighted by molar-refractivity contribution is 0.0599. The van der Waals surface area contributed by atoms with Crippen LogP contribution in [0.15, 0.2) is 27.6 Å². The highest BCUT2D eigenvalue weighted by molar-refractivity contribution is 7.89. The van der Waals surface area contributed by atoms with Gasteiger partial charge in [0.25, 0.3) is 0 Å². The summed E-state index contributed by atoms with van der Waals surface area (Å²) in [6, 6.07) is 3.69. The van der Waals surface area contributed by atoms with Crippen molar-refractivity contribution in [1.29, 1.82) is 0 Å². The first-order valence-corrected chi connectivity index (χ1v) is 8.25. The predicted octanol–water partition coefficient (Wildman–Crippen LogP) is 1.51. The molecule has 0 saturated heterocycles. The zero-order valence-corrected chi connectivity index (χ0v) is 14.0. The van der Waals surface area contributed by atoms with Crippen molar-refractivity contribution in [1.82, 2.24) is 14.9 Å². The van der Waals surface area contributed by atoms with Gasteiger partial charge in [0.2, 0.25) is 15.9 Å². The Bertz CT molecular complexity index is 829. The van der Waals surface area contributed by atoms with Gasteiger partial charge < -0.3 is 9.26 Å². The molecule has 124 valence electrons. The van der Waals surface area contributed by atoms with E-state index in [1.54, 1.807) is 20.8 Å². The molecule has 23 heavy (non-hydrogen) atoms. The Hall–Kier alpha value is -2.26. The standard InChI is InChI=1S/C14H17N3O5S/c1-8-11(14(18)21-4)6-5-7-12(8)23(19,20)17-9(2)13-15-10(3)16-22-13/h5-7,9,17H,1-4H3. The number of esters is 1. The van der Waals surface area contributed by atoms with Crippen LogP contribution in [-0.4, -0.2) is 31.6 Å². The molecule has 2 aromatic rings. The second kappa shape index (κ2) is 6.47. The van der Waals surface area contributed by atoms with Gasteiger partial charge in [-0.05, 0) is 38.5 Å². The number of carbonyl (C=O) groups excluding carboxylic acids is 1. The molecule has 0 radical (unpaired) electrons. The zero-order valence-electron chi connectivity index (χ0n) is 13.2. The van der Waals surface area contributed by atoms with Crippen LogP contribution in [0.5, 0.6) is 0 Å². The summed E-state index contributed by atoms with van der Waals surface area (Å²) >= 11 is 0. The molecule has 1 atom stereocenters. The highest BCUT2D eigenvalue weighted by Gasteiger charge is 2.25. The molecule has 1 N–H and O–H groups in total. The van der Waals surface area contributed by atoms with Gasteiger partial charge in [-0.3, -0.25) is 0 Å². The second-order valence-corrected chi connectivity index (χ2v) is 6.63. The maximum absolute atomic E-state index is 12.6. The van der Waals surface area contributed by atoms with Crippen LogP contribution >= 0.6 is 0 Å². The van der Waals surface area contributed by atoms with E-state index in [1.165, 1.54) is 25.3 Å². The van der Waals surface area contributed by atoms with Crippen molar-refractivity contribution in [2.75, 3.05) is 7.11 Å². The zero-order chi connectivity index (χ0) is 17.2. The lowest BCUT2D eigenvalue weighted by Crippen LogP contribution is -2.28. The van der Waals surface area contributed by atoms with E-state index in [2.05, 4.69) is 19.6 Å². The smallest absolute Gasteiger partial charge is 0.338 e. The molecule has 1 heterocycles. The number of methoxy groups -OCH3 is 1. The minimum absolute atomic E-state index is 0.0107. The van der Waals surface area contributed by atoms with Gasteiger partial charge in [0.05, 0.1) is 23.6 Å². The topological polar surface area (TPSA) is 111 Å². The predicted molar refractivity (Wildman–Crippen MR) is 80.3 cm³/mol. The summed E-state index contributed by atoms with van der Waals surface area (Å²) in [5.41, 5.74) is 0.498. The fourth-order valence-electron chi connectivity index (χ4n) is 2.07. The monoisotopic (exact) mass is 339 g/mol. The number of sulfonamides is 1. The Morgan fingerprint density at radius 3 is 2.61 bits per heavy atom. The van der Waals surface area contributed by atoms with E-state index in [9.17, 15) is 13.2 Å². The van der Waals surface area contributed by atoms with Crippen LogP contribution in [0, 0.1) is 13.8 Å². The summed E-state index contributed by atoms with van der Waals surface area (Å²) in [6.07, 6.45) is 0. The summed E-state index contributed by atoms with van der Waals surface area (Å²) in [5.74, 6) is -0.0251. The fraction of sp³-hybridized carbons (Fsp3) is 0.357. The van der Waals surface area contributed by atoms with Gasteiger partial charge in [0.1, 0.15) is 0 Å². The summed E-state index contributed by atoms with van der Waals surface area (Å²) < 4.78 is 37.2. The Balaban J connectivity index is 2.35. The molecule has 1 aromatic heterocycles. The van der Waals surface area contributed by atoms with E-state index in [-0.39, 0.29) is 16.3 Å². The van der Waals surface area contributed by atoms with Gasteiger partial charge >= 0.3 is 5.97 Å². The van der Waals surface area contributed by atoms with Crippen LogP contribution in [0.3, 0.4) is 0 Å². The third-order valence-electron chi connectivity index (χ3n) is 3.22. The van der Waals surface area contributed by atoms with Crippen molar-refractivity contribution in [3.05, 3.63) is 41.0 Å². The van der Waals surface area contributed by atoms with Crippen LogP contribution in [0.25, 0.3) is 0 Å². The van der Waals surface area contributed by atoms with Gasteiger partial charge in [-0.25, -0.2) is 13.2 Å². The number of nitrogens with one attached hydrogen (secondary N) is 1. The molecule has 9 heteroatoms. The van der Waals surface area contributed by atoms with Crippen molar-refractivity contribution in [2.45, 2.75) is 31.7 Å². The van der Waals surface area contributed by atoms with E-state index < -0.39 is 22.0 Å². The first-order chi connectivity index (χ1) is 10.8. The Kier molecular flexibility index (Phi) is 4.81. The third-order valence-corrected chi connectivity index (χ3v) is 4.91. The molecular weight excluding hydrogens is 322 g/mol. The van der Waals surface area contributed by atoms with Gasteiger partial charge in [0.15, 0.2) is 5.82 Å².